The number of rotatable bonds is 4. The SMILES string of the molecule is CC1CC=Cc2ccc3c(c21)c1ccccc1n3-c1ccc(C=Cc2ccc(B3c4ccccc4-c4ccccc43)cc2)cc1. The molecule has 6 aromatic carbocycles. The number of allylic oxidation sites excluding steroid dienone is 1. The number of para-hydroxylation sites is 1. The fraction of sp³-hybridized carbons (Fsp3) is 0.0698. The Kier molecular flexibility index (Phi) is 6.03. The number of aromatic nitrogens is 1. The van der Waals surface area contributed by atoms with Crippen molar-refractivity contribution in [3.63, 3.8) is 0 Å². The molecule has 1 aromatic heterocycles. The minimum Gasteiger partial charge on any atom is -0.309 e. The molecule has 1 unspecified atom stereocenters. The van der Waals surface area contributed by atoms with Crippen LogP contribution in [0.4, 0.5) is 0 Å². The fourth-order valence-corrected chi connectivity index (χ4v) is 7.82. The largest absolute Gasteiger partial charge is 0.309 e. The molecular formula is C43H32BN. The second-order valence-electron chi connectivity index (χ2n) is 12.6. The van der Waals surface area contributed by atoms with Crippen LogP contribution in [0.2, 0.25) is 0 Å². The van der Waals surface area contributed by atoms with Crippen LogP contribution in [0.25, 0.3) is 56.8 Å². The van der Waals surface area contributed by atoms with Crippen molar-refractivity contribution < 1.29 is 0 Å². The highest BCUT2D eigenvalue weighted by atomic mass is 15.0. The summed E-state index contributed by atoms with van der Waals surface area (Å²) in [6.45, 7) is 2.64. The zero-order valence-electron chi connectivity index (χ0n) is 25.3. The second-order valence-corrected chi connectivity index (χ2v) is 12.6. The normalized spacial score (nSPS) is 15.1. The summed E-state index contributed by atoms with van der Waals surface area (Å²) in [5, 5.41) is 2.74. The lowest BCUT2D eigenvalue weighted by Crippen LogP contribution is -2.48. The van der Waals surface area contributed by atoms with Crippen LogP contribution < -0.4 is 16.4 Å². The van der Waals surface area contributed by atoms with E-state index in [-0.39, 0.29) is 6.71 Å². The van der Waals surface area contributed by atoms with Crippen molar-refractivity contribution in [2.75, 3.05) is 0 Å². The van der Waals surface area contributed by atoms with Gasteiger partial charge in [-0.25, -0.2) is 0 Å². The highest BCUT2D eigenvalue weighted by molar-refractivity contribution is 6.99. The summed E-state index contributed by atoms with van der Waals surface area (Å²) in [6.07, 6.45) is 10.1. The Hall–Kier alpha value is -5.34. The molecule has 0 saturated heterocycles. The van der Waals surface area contributed by atoms with Crippen LogP contribution in [-0.2, 0) is 0 Å². The van der Waals surface area contributed by atoms with Gasteiger partial charge in [-0.3, -0.25) is 0 Å². The van der Waals surface area contributed by atoms with Crippen LogP contribution in [0.3, 0.4) is 0 Å². The number of hydrogen-bond donors (Lipinski definition) is 0. The lowest BCUT2D eigenvalue weighted by Gasteiger charge is -2.19. The molecule has 7 aromatic rings. The second kappa shape index (κ2) is 10.4. The van der Waals surface area contributed by atoms with Gasteiger partial charge in [-0.15, -0.1) is 0 Å². The molecule has 0 fully saturated rings. The molecule has 1 nitrogen and oxygen atoms in total. The predicted octanol–water partition coefficient (Wildman–Crippen LogP) is 8.97. The van der Waals surface area contributed by atoms with E-state index in [1.807, 2.05) is 0 Å². The monoisotopic (exact) mass is 573 g/mol. The standard InChI is InChI=1S/C43H32BN/c1-29-9-8-10-32-23-28-41-43(42(29)32)37-13-4-7-16-40(37)45(41)34-26-21-31(22-27-34)18-17-30-19-24-33(25-20-30)44-38-14-5-2-11-35(38)36-12-3-6-15-39(36)44/h2-8,10-29H,9H2,1H3. The number of hydrogen-bond acceptors (Lipinski definition) is 0. The molecule has 0 amide bonds. The molecule has 45 heavy (non-hydrogen) atoms. The van der Waals surface area contributed by atoms with Gasteiger partial charge in [0.1, 0.15) is 0 Å². The van der Waals surface area contributed by atoms with E-state index in [0.717, 1.165) is 6.42 Å². The van der Waals surface area contributed by atoms with Crippen LogP contribution in [-0.4, -0.2) is 11.3 Å². The van der Waals surface area contributed by atoms with E-state index in [4.69, 9.17) is 0 Å². The molecule has 212 valence electrons. The van der Waals surface area contributed by atoms with Gasteiger partial charge in [0.05, 0.1) is 11.0 Å². The zero-order chi connectivity index (χ0) is 29.9. The lowest BCUT2D eigenvalue weighted by atomic mass is 9.39. The van der Waals surface area contributed by atoms with Gasteiger partial charge < -0.3 is 4.57 Å². The van der Waals surface area contributed by atoms with Gasteiger partial charge in [-0.05, 0) is 70.0 Å². The Balaban J connectivity index is 1.02. The molecule has 0 N–H and O–H groups in total. The van der Waals surface area contributed by atoms with Gasteiger partial charge in [-0.2, -0.15) is 0 Å². The van der Waals surface area contributed by atoms with Crippen molar-refractivity contribution >= 4 is 63.1 Å². The topological polar surface area (TPSA) is 4.93 Å². The maximum absolute atomic E-state index is 2.43. The molecule has 1 atom stereocenters. The summed E-state index contributed by atoms with van der Waals surface area (Å²) in [6, 6.07) is 49.2. The molecule has 9 rings (SSSR count). The first-order valence-corrected chi connectivity index (χ1v) is 16.0. The van der Waals surface area contributed by atoms with Gasteiger partial charge in [0.25, 0.3) is 0 Å². The summed E-state index contributed by atoms with van der Waals surface area (Å²) in [5.74, 6) is 0.513. The number of fused-ring (bicyclic) bond motifs is 8. The van der Waals surface area contributed by atoms with Gasteiger partial charge in [-0.1, -0.05) is 157 Å². The molecule has 2 heterocycles. The van der Waals surface area contributed by atoms with Crippen molar-refractivity contribution in [2.45, 2.75) is 19.3 Å². The van der Waals surface area contributed by atoms with Crippen LogP contribution in [0.15, 0.2) is 140 Å². The summed E-state index contributed by atoms with van der Waals surface area (Å²) >= 11 is 0. The Morgan fingerprint density at radius 3 is 1.96 bits per heavy atom. The first kappa shape index (κ1) is 26.1. The van der Waals surface area contributed by atoms with E-state index < -0.39 is 0 Å². The zero-order valence-corrected chi connectivity index (χ0v) is 25.3. The van der Waals surface area contributed by atoms with Gasteiger partial charge in [0.15, 0.2) is 0 Å². The van der Waals surface area contributed by atoms with Crippen molar-refractivity contribution in [3.8, 4) is 16.8 Å². The predicted molar refractivity (Wildman–Crippen MR) is 195 cm³/mol. The van der Waals surface area contributed by atoms with E-state index in [0.29, 0.717) is 5.92 Å². The molecule has 1 aliphatic heterocycles. The van der Waals surface area contributed by atoms with Crippen molar-refractivity contribution in [1.29, 1.82) is 0 Å². The van der Waals surface area contributed by atoms with E-state index in [2.05, 4.69) is 169 Å². The average Bonchev–Trinajstić information content (AvgIpc) is 3.61. The van der Waals surface area contributed by atoms with Crippen LogP contribution in [0.1, 0.15) is 41.5 Å². The van der Waals surface area contributed by atoms with E-state index in [1.165, 1.54) is 77.3 Å². The van der Waals surface area contributed by atoms with Crippen molar-refractivity contribution in [3.05, 3.63) is 162 Å². The molecule has 0 saturated carbocycles. The van der Waals surface area contributed by atoms with Crippen molar-refractivity contribution in [1.82, 2.24) is 4.57 Å². The summed E-state index contributed by atoms with van der Waals surface area (Å²) in [4.78, 5) is 0. The number of benzene rings is 6. The minimum atomic E-state index is 0.286. The third-order valence-corrected chi connectivity index (χ3v) is 9.92. The van der Waals surface area contributed by atoms with Crippen LogP contribution in [0, 0.1) is 0 Å². The van der Waals surface area contributed by atoms with Gasteiger partial charge in [0.2, 0.25) is 6.71 Å². The molecule has 2 aliphatic rings. The summed E-state index contributed by atoms with van der Waals surface area (Å²) in [5.41, 5.74) is 15.8. The summed E-state index contributed by atoms with van der Waals surface area (Å²) < 4.78 is 2.43. The quantitative estimate of drug-likeness (QED) is 0.146. The smallest absolute Gasteiger partial charge is 0.242 e. The summed E-state index contributed by atoms with van der Waals surface area (Å²) in [7, 11) is 0. The first-order valence-electron chi connectivity index (χ1n) is 16.0. The average molecular weight is 574 g/mol. The van der Waals surface area contributed by atoms with Gasteiger partial charge in [0, 0.05) is 16.5 Å². The Bertz CT molecular complexity index is 2260. The van der Waals surface area contributed by atoms with Crippen molar-refractivity contribution in [2.24, 2.45) is 0 Å². The molecule has 2 heteroatoms. The van der Waals surface area contributed by atoms with Crippen LogP contribution >= 0.6 is 0 Å². The molecular weight excluding hydrogens is 541 g/mol. The first-order chi connectivity index (χ1) is 22.2. The maximum atomic E-state index is 2.43. The Labute approximate surface area is 264 Å². The third-order valence-electron chi connectivity index (χ3n) is 9.92. The Morgan fingerprint density at radius 1 is 0.622 bits per heavy atom. The lowest BCUT2D eigenvalue weighted by molar-refractivity contribution is 0.779. The minimum absolute atomic E-state index is 0.286. The third kappa shape index (κ3) is 4.17. The molecule has 0 bridgehead atoms. The highest BCUT2D eigenvalue weighted by Gasteiger charge is 2.32. The fourth-order valence-electron chi connectivity index (χ4n) is 7.82. The van der Waals surface area contributed by atoms with E-state index in [1.54, 1.807) is 0 Å². The van der Waals surface area contributed by atoms with Crippen LogP contribution in [0.5, 0.6) is 0 Å². The van der Waals surface area contributed by atoms with E-state index >= 15 is 0 Å². The molecule has 0 radical (unpaired) electrons. The van der Waals surface area contributed by atoms with Gasteiger partial charge >= 0.3 is 0 Å². The molecule has 1 aliphatic carbocycles. The Morgan fingerprint density at radius 2 is 1.24 bits per heavy atom. The molecule has 0 spiro atoms. The van der Waals surface area contributed by atoms with E-state index in [9.17, 15) is 0 Å². The number of nitrogens with zero attached hydrogens (tertiary/aromatic N) is 1. The maximum Gasteiger partial charge on any atom is 0.242 e. The highest BCUT2D eigenvalue weighted by Crippen LogP contribution is 2.41.